The van der Waals surface area contributed by atoms with Gasteiger partial charge in [0.2, 0.25) is 0 Å². The summed E-state index contributed by atoms with van der Waals surface area (Å²) in [7, 11) is 0. The molecule has 0 aliphatic rings. The van der Waals surface area contributed by atoms with E-state index in [1.165, 1.54) is 0 Å². The molecule has 1 aromatic carbocycles. The molecule has 0 aliphatic heterocycles. The van der Waals surface area contributed by atoms with Crippen LogP contribution in [-0.2, 0) is 0 Å². The van der Waals surface area contributed by atoms with Crippen molar-refractivity contribution in [1.29, 1.82) is 0 Å². The first-order chi connectivity index (χ1) is 9.65. The van der Waals surface area contributed by atoms with Gasteiger partial charge in [-0.1, -0.05) is 24.3 Å². The minimum absolute atomic E-state index is 0.131. The number of nitrogens with zero attached hydrogens (tertiary/aromatic N) is 2. The lowest BCUT2D eigenvalue weighted by Gasteiger charge is -2.00. The van der Waals surface area contributed by atoms with E-state index in [9.17, 15) is 4.79 Å². The number of hydrogen-bond acceptors (Lipinski definition) is 4. The van der Waals surface area contributed by atoms with Crippen molar-refractivity contribution in [3.8, 4) is 22.6 Å². The fourth-order valence-electron chi connectivity index (χ4n) is 1.99. The van der Waals surface area contributed by atoms with E-state index in [4.69, 9.17) is 10.2 Å². The van der Waals surface area contributed by atoms with E-state index >= 15 is 0 Å². The van der Waals surface area contributed by atoms with Crippen LogP contribution < -0.4 is 5.73 Å². The third kappa shape index (κ3) is 2.07. The minimum Gasteiger partial charge on any atom is -0.461 e. The Morgan fingerprint density at radius 3 is 2.40 bits per heavy atom. The molecule has 20 heavy (non-hydrogen) atoms. The first-order valence-electron chi connectivity index (χ1n) is 6.03. The van der Waals surface area contributed by atoms with Gasteiger partial charge in [-0.15, -0.1) is 0 Å². The maximum absolute atomic E-state index is 11.2. The van der Waals surface area contributed by atoms with Crippen molar-refractivity contribution >= 4 is 5.91 Å². The molecule has 6 nitrogen and oxygen atoms in total. The van der Waals surface area contributed by atoms with E-state index in [0.29, 0.717) is 5.69 Å². The number of carbonyl (C=O) groups excluding carboxylic acids is 1. The van der Waals surface area contributed by atoms with Gasteiger partial charge in [0.05, 0.1) is 0 Å². The van der Waals surface area contributed by atoms with E-state index in [1.807, 2.05) is 43.3 Å². The molecule has 3 aromatic rings. The van der Waals surface area contributed by atoms with Crippen molar-refractivity contribution in [2.75, 3.05) is 0 Å². The van der Waals surface area contributed by atoms with Crippen LogP contribution in [0.2, 0.25) is 0 Å². The van der Waals surface area contributed by atoms with Crippen LogP contribution in [0.3, 0.4) is 0 Å². The third-order valence-electron chi connectivity index (χ3n) is 2.96. The number of nitrogens with one attached hydrogen (secondary N) is 1. The molecule has 100 valence electrons. The summed E-state index contributed by atoms with van der Waals surface area (Å²) in [6, 6.07) is 11.3. The van der Waals surface area contributed by atoms with Crippen molar-refractivity contribution in [1.82, 2.24) is 15.4 Å². The summed E-state index contributed by atoms with van der Waals surface area (Å²) in [4.78, 5) is 11.2. The second kappa shape index (κ2) is 4.65. The Labute approximate surface area is 114 Å². The zero-order valence-electron chi connectivity index (χ0n) is 10.8. The van der Waals surface area contributed by atoms with Crippen molar-refractivity contribution in [2.45, 2.75) is 6.92 Å². The maximum atomic E-state index is 11.2. The number of H-pyrrole nitrogens is 1. The van der Waals surface area contributed by atoms with Gasteiger partial charge in [0, 0.05) is 11.1 Å². The van der Waals surface area contributed by atoms with E-state index in [-0.39, 0.29) is 5.69 Å². The molecule has 0 atom stereocenters. The van der Waals surface area contributed by atoms with Crippen LogP contribution in [-0.4, -0.2) is 21.3 Å². The normalized spacial score (nSPS) is 10.7. The fraction of sp³-hybridized carbons (Fsp3) is 0.0714. The smallest absolute Gasteiger partial charge is 0.271 e. The minimum atomic E-state index is -0.612. The monoisotopic (exact) mass is 268 g/mol. The number of furan rings is 1. The first-order valence-corrected chi connectivity index (χ1v) is 6.03. The lowest BCUT2D eigenvalue weighted by atomic mass is 10.1. The molecule has 6 heteroatoms. The highest BCUT2D eigenvalue weighted by Crippen LogP contribution is 2.26. The predicted molar refractivity (Wildman–Crippen MR) is 72.8 cm³/mol. The van der Waals surface area contributed by atoms with Gasteiger partial charge < -0.3 is 10.2 Å². The quantitative estimate of drug-likeness (QED) is 0.760. The highest BCUT2D eigenvalue weighted by Gasteiger charge is 2.15. The molecule has 0 aliphatic carbocycles. The number of aryl methyl sites for hydroxylation is 1. The van der Waals surface area contributed by atoms with Crippen LogP contribution in [0.4, 0.5) is 0 Å². The van der Waals surface area contributed by atoms with Crippen molar-refractivity contribution in [3.63, 3.8) is 0 Å². The number of aromatic nitrogens is 3. The van der Waals surface area contributed by atoms with Crippen LogP contribution in [0.1, 0.15) is 16.2 Å². The van der Waals surface area contributed by atoms with Gasteiger partial charge in [0.1, 0.15) is 17.2 Å². The average Bonchev–Trinajstić information content (AvgIpc) is 3.07. The number of aromatic amines is 1. The number of benzene rings is 1. The van der Waals surface area contributed by atoms with Crippen LogP contribution >= 0.6 is 0 Å². The molecule has 0 saturated carbocycles. The summed E-state index contributed by atoms with van der Waals surface area (Å²) >= 11 is 0. The molecule has 2 heterocycles. The molecule has 0 saturated heterocycles. The molecule has 0 spiro atoms. The van der Waals surface area contributed by atoms with E-state index < -0.39 is 5.91 Å². The number of nitrogens with two attached hydrogens (primary N) is 1. The zero-order valence-corrected chi connectivity index (χ0v) is 10.8. The van der Waals surface area contributed by atoms with Crippen LogP contribution in [0.5, 0.6) is 0 Å². The number of hydrogen-bond donors (Lipinski definition) is 2. The number of rotatable bonds is 3. The largest absolute Gasteiger partial charge is 0.461 e. The number of carbonyl (C=O) groups is 1. The van der Waals surface area contributed by atoms with Crippen molar-refractivity contribution in [2.24, 2.45) is 5.73 Å². The molecule has 3 N–H and O–H groups in total. The molecular formula is C14H12N4O2. The van der Waals surface area contributed by atoms with Crippen LogP contribution in [0.25, 0.3) is 22.6 Å². The van der Waals surface area contributed by atoms with Gasteiger partial charge in [-0.25, -0.2) is 0 Å². The molecule has 3 rings (SSSR count). The Hall–Kier alpha value is -2.89. The Bertz CT molecular complexity index is 756. The maximum Gasteiger partial charge on any atom is 0.271 e. The van der Waals surface area contributed by atoms with E-state index in [0.717, 1.165) is 22.6 Å². The summed E-state index contributed by atoms with van der Waals surface area (Å²) in [5.41, 5.74) is 7.53. The molecule has 1 amide bonds. The molecule has 0 radical (unpaired) electrons. The number of primary amides is 1. The fourth-order valence-corrected chi connectivity index (χ4v) is 1.99. The highest BCUT2D eigenvalue weighted by atomic mass is 16.3. The van der Waals surface area contributed by atoms with Crippen LogP contribution in [0, 0.1) is 6.92 Å². The Morgan fingerprint density at radius 1 is 1.10 bits per heavy atom. The summed E-state index contributed by atoms with van der Waals surface area (Å²) < 4.78 is 5.55. The van der Waals surface area contributed by atoms with Crippen LogP contribution in [0.15, 0.2) is 40.8 Å². The standard InChI is InChI=1S/C14H12N4O2/c1-8-2-7-11(20-8)9-3-5-10(6-4-9)12-13(14(15)19)17-18-16-12/h2-7H,1H3,(H2,15,19)(H,16,17,18). The lowest BCUT2D eigenvalue weighted by Crippen LogP contribution is -2.12. The average molecular weight is 268 g/mol. The molecule has 0 bridgehead atoms. The Kier molecular flexibility index (Phi) is 2.83. The molecule has 2 aromatic heterocycles. The van der Waals surface area contributed by atoms with Gasteiger partial charge >= 0.3 is 0 Å². The van der Waals surface area contributed by atoms with Crippen molar-refractivity contribution in [3.05, 3.63) is 47.9 Å². The van der Waals surface area contributed by atoms with Gasteiger partial charge in [-0.3, -0.25) is 4.79 Å². The summed E-state index contributed by atoms with van der Waals surface area (Å²) in [5.74, 6) is 1.04. The van der Waals surface area contributed by atoms with Gasteiger partial charge in [0.15, 0.2) is 5.69 Å². The molecular weight excluding hydrogens is 256 g/mol. The second-order valence-electron chi connectivity index (χ2n) is 4.37. The predicted octanol–water partition coefficient (Wildman–Crippen LogP) is 2.14. The number of amides is 1. The van der Waals surface area contributed by atoms with Gasteiger partial charge in [-0.05, 0) is 19.1 Å². The third-order valence-corrected chi connectivity index (χ3v) is 2.96. The Balaban J connectivity index is 1.97. The van der Waals surface area contributed by atoms with Gasteiger partial charge in [-0.2, -0.15) is 15.4 Å². The second-order valence-corrected chi connectivity index (χ2v) is 4.37. The molecule has 0 fully saturated rings. The van der Waals surface area contributed by atoms with Gasteiger partial charge in [0.25, 0.3) is 5.91 Å². The summed E-state index contributed by atoms with van der Waals surface area (Å²) in [6.45, 7) is 1.90. The first kappa shape index (κ1) is 12.2. The van der Waals surface area contributed by atoms with Crippen molar-refractivity contribution < 1.29 is 9.21 Å². The molecule has 0 unspecified atom stereocenters. The van der Waals surface area contributed by atoms with E-state index in [1.54, 1.807) is 0 Å². The zero-order chi connectivity index (χ0) is 14.1. The highest BCUT2D eigenvalue weighted by molar-refractivity contribution is 5.96. The summed E-state index contributed by atoms with van der Waals surface area (Å²) in [5, 5.41) is 10.1. The van der Waals surface area contributed by atoms with E-state index in [2.05, 4.69) is 15.4 Å². The Morgan fingerprint density at radius 2 is 1.80 bits per heavy atom. The lowest BCUT2D eigenvalue weighted by molar-refractivity contribution is 0.0996. The SMILES string of the molecule is Cc1ccc(-c2ccc(-c3n[nH]nc3C(N)=O)cc2)o1. The summed E-state index contributed by atoms with van der Waals surface area (Å²) in [6.07, 6.45) is 0. The topological polar surface area (TPSA) is 97.8 Å².